The van der Waals surface area contributed by atoms with E-state index >= 15 is 0 Å². The zero-order valence-corrected chi connectivity index (χ0v) is 11.2. The van der Waals surface area contributed by atoms with E-state index in [0.717, 1.165) is 0 Å². The van der Waals surface area contributed by atoms with Gasteiger partial charge in [-0.2, -0.15) is 13.2 Å². The van der Waals surface area contributed by atoms with Gasteiger partial charge >= 0.3 is 6.18 Å². The van der Waals surface area contributed by atoms with Gasteiger partial charge in [-0.15, -0.1) is 0 Å². The first-order valence-corrected chi connectivity index (χ1v) is 6.40. The second-order valence-corrected chi connectivity index (χ2v) is 4.76. The average molecular weight is 303 g/mol. The number of nitrogens with zero attached hydrogens (tertiary/aromatic N) is 3. The van der Waals surface area contributed by atoms with Gasteiger partial charge in [-0.1, -0.05) is 0 Å². The van der Waals surface area contributed by atoms with E-state index in [2.05, 4.69) is 10.4 Å². The van der Waals surface area contributed by atoms with E-state index in [1.807, 2.05) is 0 Å². The van der Waals surface area contributed by atoms with Crippen molar-refractivity contribution < 1.29 is 18.0 Å². The fourth-order valence-electron chi connectivity index (χ4n) is 2.15. The summed E-state index contributed by atoms with van der Waals surface area (Å²) in [5, 5.41) is 0. The Hall–Kier alpha value is -1.87. The molecule has 1 fully saturated rings. The molecule has 2 heterocycles. The molecule has 1 aliphatic rings. The fourth-order valence-corrected chi connectivity index (χ4v) is 2.15. The maximum absolute atomic E-state index is 12.3. The van der Waals surface area contributed by atoms with Crippen LogP contribution in [0.1, 0.15) is 10.4 Å². The Morgan fingerprint density at radius 2 is 1.95 bits per heavy atom. The first-order valence-electron chi connectivity index (χ1n) is 6.40. The number of rotatable bonds is 3. The lowest BCUT2D eigenvalue weighted by Crippen LogP contribution is -2.50. The summed E-state index contributed by atoms with van der Waals surface area (Å²) < 4.78 is 36.9. The Labute approximate surface area is 119 Å². The highest BCUT2D eigenvalue weighted by molar-refractivity contribution is 5.94. The molecule has 0 atom stereocenters. The standard InChI is InChI=1S/C12H16F3N5O/c13-12(14,15)8-19-3-5-20(6-4-19)11(21)9-1-2-10(18-16)17-7-9/h1-2,7H,3-6,8,16H2,(H,17,18). The normalized spacial score (nSPS) is 16.9. The Morgan fingerprint density at radius 1 is 1.29 bits per heavy atom. The van der Waals surface area contributed by atoms with E-state index in [1.165, 1.54) is 16.0 Å². The van der Waals surface area contributed by atoms with Gasteiger partial charge in [-0.25, -0.2) is 10.8 Å². The summed E-state index contributed by atoms with van der Waals surface area (Å²) in [4.78, 5) is 18.9. The van der Waals surface area contributed by atoms with Gasteiger partial charge in [0.25, 0.3) is 5.91 Å². The Morgan fingerprint density at radius 3 is 2.43 bits per heavy atom. The lowest BCUT2D eigenvalue weighted by atomic mass is 10.2. The molecule has 0 spiro atoms. The molecule has 2 rings (SSSR count). The van der Waals surface area contributed by atoms with Crippen molar-refractivity contribution in [3.63, 3.8) is 0 Å². The van der Waals surface area contributed by atoms with Crippen LogP contribution in [0.4, 0.5) is 19.0 Å². The number of alkyl halides is 3. The van der Waals surface area contributed by atoms with E-state index < -0.39 is 12.7 Å². The average Bonchev–Trinajstić information content (AvgIpc) is 2.46. The van der Waals surface area contributed by atoms with Crippen LogP contribution in [-0.2, 0) is 0 Å². The van der Waals surface area contributed by atoms with Gasteiger partial charge in [0.1, 0.15) is 5.82 Å². The van der Waals surface area contributed by atoms with Gasteiger partial charge in [-0.3, -0.25) is 9.69 Å². The van der Waals surface area contributed by atoms with Crippen LogP contribution in [0.5, 0.6) is 0 Å². The van der Waals surface area contributed by atoms with Crippen molar-refractivity contribution >= 4 is 11.7 Å². The number of aromatic nitrogens is 1. The second kappa shape index (κ2) is 6.27. The molecule has 1 amide bonds. The summed E-state index contributed by atoms with van der Waals surface area (Å²) >= 11 is 0. The first-order chi connectivity index (χ1) is 9.89. The van der Waals surface area contributed by atoms with Crippen LogP contribution in [0.2, 0.25) is 0 Å². The summed E-state index contributed by atoms with van der Waals surface area (Å²) in [7, 11) is 0. The molecule has 9 heteroatoms. The van der Waals surface area contributed by atoms with Crippen molar-refractivity contribution in [1.82, 2.24) is 14.8 Å². The van der Waals surface area contributed by atoms with Crippen LogP contribution in [0.25, 0.3) is 0 Å². The summed E-state index contributed by atoms with van der Waals surface area (Å²) in [6.45, 7) is 0.0211. The number of nitrogens with two attached hydrogens (primary N) is 1. The zero-order chi connectivity index (χ0) is 15.5. The van der Waals surface area contributed by atoms with Crippen molar-refractivity contribution in [2.75, 3.05) is 38.1 Å². The van der Waals surface area contributed by atoms with Crippen LogP contribution in [0.3, 0.4) is 0 Å². The van der Waals surface area contributed by atoms with E-state index in [0.29, 0.717) is 11.4 Å². The molecule has 1 aromatic rings. The van der Waals surface area contributed by atoms with Crippen LogP contribution in [0, 0.1) is 0 Å². The summed E-state index contributed by atoms with van der Waals surface area (Å²) in [5.74, 6) is 5.37. The minimum Gasteiger partial charge on any atom is -0.336 e. The van der Waals surface area contributed by atoms with Gasteiger partial charge in [0.05, 0.1) is 12.1 Å². The Kier molecular flexibility index (Phi) is 4.63. The first kappa shape index (κ1) is 15.5. The number of hydrazine groups is 1. The van der Waals surface area contributed by atoms with Gasteiger partial charge in [0.2, 0.25) is 0 Å². The highest BCUT2D eigenvalue weighted by atomic mass is 19.4. The van der Waals surface area contributed by atoms with Crippen LogP contribution in [0.15, 0.2) is 18.3 Å². The molecule has 1 aliphatic heterocycles. The van der Waals surface area contributed by atoms with Gasteiger partial charge in [0, 0.05) is 32.4 Å². The molecule has 0 radical (unpaired) electrons. The molecule has 21 heavy (non-hydrogen) atoms. The molecule has 0 aliphatic carbocycles. The predicted octanol–water partition coefficient (Wildman–Crippen LogP) is 0.687. The number of halogens is 3. The second-order valence-electron chi connectivity index (χ2n) is 4.76. The summed E-state index contributed by atoms with van der Waals surface area (Å²) in [6.07, 6.45) is -2.82. The highest BCUT2D eigenvalue weighted by Gasteiger charge is 2.32. The minimum atomic E-state index is -4.21. The Bertz CT molecular complexity index is 483. The summed E-state index contributed by atoms with van der Waals surface area (Å²) in [6, 6.07) is 3.14. The van der Waals surface area contributed by atoms with Crippen molar-refractivity contribution in [2.45, 2.75) is 6.18 Å². The number of pyridine rings is 1. The van der Waals surface area contributed by atoms with Crippen molar-refractivity contribution in [3.8, 4) is 0 Å². The van der Waals surface area contributed by atoms with Gasteiger partial charge < -0.3 is 10.3 Å². The molecule has 116 valence electrons. The van der Waals surface area contributed by atoms with E-state index in [4.69, 9.17) is 5.84 Å². The third-order valence-corrected chi connectivity index (χ3v) is 3.22. The van der Waals surface area contributed by atoms with E-state index in [1.54, 1.807) is 12.1 Å². The lowest BCUT2D eigenvalue weighted by molar-refractivity contribution is -0.148. The number of hydrogen-bond acceptors (Lipinski definition) is 5. The van der Waals surface area contributed by atoms with Crippen LogP contribution >= 0.6 is 0 Å². The number of nitrogens with one attached hydrogen (secondary N) is 1. The maximum atomic E-state index is 12.3. The Balaban J connectivity index is 1.90. The molecule has 0 bridgehead atoms. The smallest absolute Gasteiger partial charge is 0.336 e. The van der Waals surface area contributed by atoms with E-state index in [-0.39, 0.29) is 32.1 Å². The zero-order valence-electron chi connectivity index (χ0n) is 11.2. The number of piperazine rings is 1. The quantitative estimate of drug-likeness (QED) is 0.635. The number of carbonyl (C=O) groups excluding carboxylic acids is 1. The number of carbonyl (C=O) groups is 1. The molecule has 0 unspecified atom stereocenters. The van der Waals surface area contributed by atoms with Crippen LogP contribution < -0.4 is 11.3 Å². The number of nitrogen functional groups attached to an aromatic ring is 1. The summed E-state index contributed by atoms with van der Waals surface area (Å²) in [5.41, 5.74) is 2.74. The SMILES string of the molecule is NNc1ccc(C(=O)N2CCN(CC(F)(F)F)CC2)cn1. The van der Waals surface area contributed by atoms with Crippen molar-refractivity contribution in [2.24, 2.45) is 5.84 Å². The number of amides is 1. The molecule has 6 nitrogen and oxygen atoms in total. The third kappa shape index (κ3) is 4.30. The monoisotopic (exact) mass is 303 g/mol. The number of anilines is 1. The van der Waals surface area contributed by atoms with Crippen molar-refractivity contribution in [1.29, 1.82) is 0 Å². The molecule has 3 N–H and O–H groups in total. The molecule has 0 aromatic carbocycles. The van der Waals surface area contributed by atoms with Gasteiger partial charge in [-0.05, 0) is 12.1 Å². The molecule has 1 saturated heterocycles. The topological polar surface area (TPSA) is 74.5 Å². The van der Waals surface area contributed by atoms with Crippen molar-refractivity contribution in [3.05, 3.63) is 23.9 Å². The van der Waals surface area contributed by atoms with Gasteiger partial charge in [0.15, 0.2) is 0 Å². The minimum absolute atomic E-state index is 0.209. The molecule has 0 saturated carbocycles. The largest absolute Gasteiger partial charge is 0.401 e. The maximum Gasteiger partial charge on any atom is 0.401 e. The molecular weight excluding hydrogens is 287 g/mol. The van der Waals surface area contributed by atoms with E-state index in [9.17, 15) is 18.0 Å². The molecular formula is C12H16F3N5O. The highest BCUT2D eigenvalue weighted by Crippen LogP contribution is 2.18. The van der Waals surface area contributed by atoms with Crippen LogP contribution in [-0.4, -0.2) is 59.6 Å². The molecule has 1 aromatic heterocycles. The lowest BCUT2D eigenvalue weighted by Gasteiger charge is -2.35. The predicted molar refractivity (Wildman–Crippen MR) is 70.4 cm³/mol. The third-order valence-electron chi connectivity index (χ3n) is 3.22. The number of hydrogen-bond donors (Lipinski definition) is 2. The fraction of sp³-hybridized carbons (Fsp3) is 0.500.